The Kier molecular flexibility index (Phi) is 6.39. The number of hydrogen-bond donors (Lipinski definition) is 0. The summed E-state index contributed by atoms with van der Waals surface area (Å²) in [4.78, 5) is 43.7. The fourth-order valence-corrected chi connectivity index (χ4v) is 4.24. The molecular formula is C24H26FN3O4. The lowest BCUT2D eigenvalue weighted by Crippen LogP contribution is -2.61. The first kappa shape index (κ1) is 21.8. The quantitative estimate of drug-likeness (QED) is 0.713. The zero-order chi connectivity index (χ0) is 22.7. The van der Waals surface area contributed by atoms with Crippen LogP contribution in [0.1, 0.15) is 17.5 Å². The van der Waals surface area contributed by atoms with E-state index in [1.54, 1.807) is 29.0 Å². The molecule has 0 aromatic heterocycles. The molecule has 8 heteroatoms. The third kappa shape index (κ3) is 4.74. The number of halogens is 1. The van der Waals surface area contributed by atoms with Crippen molar-refractivity contribution in [1.29, 1.82) is 0 Å². The highest BCUT2D eigenvalue weighted by Crippen LogP contribution is 2.21. The van der Waals surface area contributed by atoms with Crippen molar-refractivity contribution in [3.05, 3.63) is 65.5 Å². The van der Waals surface area contributed by atoms with Crippen LogP contribution in [-0.2, 0) is 27.3 Å². The minimum atomic E-state index is -0.695. The lowest BCUT2D eigenvalue weighted by molar-refractivity contribution is -0.157. The molecule has 2 fully saturated rings. The van der Waals surface area contributed by atoms with Crippen LogP contribution >= 0.6 is 0 Å². The Hall–Kier alpha value is -3.42. The zero-order valence-electron chi connectivity index (χ0n) is 18.0. The number of amides is 3. The van der Waals surface area contributed by atoms with Crippen molar-refractivity contribution in [2.75, 3.05) is 33.3 Å². The van der Waals surface area contributed by atoms with Crippen LogP contribution in [0, 0.1) is 5.82 Å². The van der Waals surface area contributed by atoms with Crippen molar-refractivity contribution >= 4 is 17.7 Å². The van der Waals surface area contributed by atoms with E-state index in [0.717, 1.165) is 16.9 Å². The van der Waals surface area contributed by atoms with Crippen molar-refractivity contribution < 1.29 is 23.5 Å². The molecule has 0 spiro atoms. The number of piperazine rings is 1. The summed E-state index contributed by atoms with van der Waals surface area (Å²) < 4.78 is 18.4. The summed E-state index contributed by atoms with van der Waals surface area (Å²) in [5.74, 6) is -0.0120. The Morgan fingerprint density at radius 1 is 1.03 bits per heavy atom. The van der Waals surface area contributed by atoms with Crippen molar-refractivity contribution in [2.24, 2.45) is 0 Å². The molecule has 2 aliphatic rings. The van der Waals surface area contributed by atoms with Gasteiger partial charge in [-0.15, -0.1) is 0 Å². The molecule has 0 N–H and O–H groups in total. The molecular weight excluding hydrogens is 413 g/mol. The van der Waals surface area contributed by atoms with Crippen molar-refractivity contribution in [3.63, 3.8) is 0 Å². The zero-order valence-corrected chi connectivity index (χ0v) is 18.0. The number of carbonyl (C=O) groups excluding carboxylic acids is 3. The second-order valence-corrected chi connectivity index (χ2v) is 8.14. The fraction of sp³-hybridized carbons (Fsp3) is 0.375. The summed E-state index contributed by atoms with van der Waals surface area (Å²) in [6.45, 7) is 1.35. The third-order valence-electron chi connectivity index (χ3n) is 5.99. The summed E-state index contributed by atoms with van der Waals surface area (Å²) in [6.07, 6.45) is 0.847. The highest BCUT2D eigenvalue weighted by Gasteiger charge is 2.41. The van der Waals surface area contributed by atoms with E-state index >= 15 is 0 Å². The Morgan fingerprint density at radius 3 is 2.41 bits per heavy atom. The lowest BCUT2D eigenvalue weighted by atomic mass is 10.1. The average molecular weight is 439 g/mol. The topological polar surface area (TPSA) is 70.2 Å². The predicted molar refractivity (Wildman–Crippen MR) is 115 cm³/mol. The van der Waals surface area contributed by atoms with Crippen molar-refractivity contribution in [3.8, 4) is 5.75 Å². The summed E-state index contributed by atoms with van der Waals surface area (Å²) in [7, 11) is 1.59. The number of benzene rings is 2. The van der Waals surface area contributed by atoms with E-state index in [1.807, 2.05) is 24.3 Å². The second-order valence-electron chi connectivity index (χ2n) is 8.14. The molecule has 1 unspecified atom stereocenters. The fourth-order valence-electron chi connectivity index (χ4n) is 4.24. The van der Waals surface area contributed by atoms with Crippen LogP contribution in [0.3, 0.4) is 0 Å². The van der Waals surface area contributed by atoms with Gasteiger partial charge in [-0.1, -0.05) is 24.3 Å². The van der Waals surface area contributed by atoms with Gasteiger partial charge in [0.15, 0.2) is 0 Å². The standard InChI is InChI=1S/C24H26FN3O4/c1-32-20-9-5-17(6-10-20)13-22(29)26-11-2-12-28-21(15-26)24(31)27(16-23(28)30)14-18-3-7-19(25)8-4-18/h3-10,21H,2,11-16H2,1H3. The van der Waals surface area contributed by atoms with Gasteiger partial charge < -0.3 is 19.4 Å². The molecule has 0 saturated carbocycles. The Morgan fingerprint density at radius 2 is 1.72 bits per heavy atom. The minimum absolute atomic E-state index is 0.00744. The van der Waals surface area contributed by atoms with Crippen LogP contribution < -0.4 is 4.74 Å². The number of ether oxygens (including phenoxy) is 1. The number of rotatable bonds is 5. The highest BCUT2D eigenvalue weighted by atomic mass is 19.1. The molecule has 1 atom stereocenters. The molecule has 2 aliphatic heterocycles. The lowest BCUT2D eigenvalue weighted by Gasteiger charge is -2.40. The maximum atomic E-state index is 13.2. The van der Waals surface area contributed by atoms with E-state index in [1.165, 1.54) is 17.0 Å². The monoisotopic (exact) mass is 439 g/mol. The van der Waals surface area contributed by atoms with Crippen LogP contribution in [0.4, 0.5) is 4.39 Å². The van der Waals surface area contributed by atoms with Crippen LogP contribution in [0.15, 0.2) is 48.5 Å². The number of nitrogens with zero attached hydrogens (tertiary/aromatic N) is 3. The van der Waals surface area contributed by atoms with Gasteiger partial charge in [-0.25, -0.2) is 4.39 Å². The van der Waals surface area contributed by atoms with Gasteiger partial charge in [0.2, 0.25) is 17.7 Å². The van der Waals surface area contributed by atoms with E-state index < -0.39 is 6.04 Å². The molecule has 3 amide bonds. The van der Waals surface area contributed by atoms with Gasteiger partial charge in [0.25, 0.3) is 0 Å². The highest BCUT2D eigenvalue weighted by molar-refractivity contribution is 5.95. The molecule has 2 saturated heterocycles. The smallest absolute Gasteiger partial charge is 0.247 e. The molecule has 2 aromatic carbocycles. The van der Waals surface area contributed by atoms with Gasteiger partial charge in [0, 0.05) is 19.6 Å². The number of hydrogen-bond acceptors (Lipinski definition) is 4. The second kappa shape index (κ2) is 9.38. The van der Waals surface area contributed by atoms with Crippen LogP contribution in [-0.4, -0.2) is 71.8 Å². The van der Waals surface area contributed by atoms with Crippen molar-refractivity contribution in [2.45, 2.75) is 25.4 Å². The average Bonchev–Trinajstić information content (AvgIpc) is 3.03. The van der Waals surface area contributed by atoms with Gasteiger partial charge >= 0.3 is 0 Å². The van der Waals surface area contributed by atoms with Crippen LogP contribution in [0.5, 0.6) is 5.75 Å². The van der Waals surface area contributed by atoms with E-state index in [9.17, 15) is 18.8 Å². The molecule has 7 nitrogen and oxygen atoms in total. The Labute approximate surface area is 186 Å². The van der Waals surface area contributed by atoms with Gasteiger partial charge in [0.05, 0.1) is 20.1 Å². The first-order valence-electron chi connectivity index (χ1n) is 10.7. The van der Waals surface area contributed by atoms with Gasteiger partial charge in [-0.3, -0.25) is 14.4 Å². The molecule has 2 heterocycles. The van der Waals surface area contributed by atoms with E-state index in [4.69, 9.17) is 4.74 Å². The predicted octanol–water partition coefficient (Wildman–Crippen LogP) is 1.85. The summed E-state index contributed by atoms with van der Waals surface area (Å²) in [5, 5.41) is 0. The Balaban J connectivity index is 1.46. The number of methoxy groups -OCH3 is 1. The van der Waals surface area contributed by atoms with E-state index in [2.05, 4.69) is 0 Å². The maximum Gasteiger partial charge on any atom is 0.247 e. The molecule has 0 radical (unpaired) electrons. The Bertz CT molecular complexity index is 993. The van der Waals surface area contributed by atoms with E-state index in [0.29, 0.717) is 19.5 Å². The molecule has 2 aromatic rings. The third-order valence-corrected chi connectivity index (χ3v) is 5.99. The molecule has 0 bridgehead atoms. The summed E-state index contributed by atoms with van der Waals surface area (Å²) in [5.41, 5.74) is 1.61. The van der Waals surface area contributed by atoms with Crippen LogP contribution in [0.2, 0.25) is 0 Å². The maximum absolute atomic E-state index is 13.2. The van der Waals surface area contributed by atoms with Gasteiger partial charge in [-0.05, 0) is 41.8 Å². The molecule has 168 valence electrons. The molecule has 0 aliphatic carbocycles. The SMILES string of the molecule is COc1ccc(CC(=O)N2CCCN3C(=O)CN(Cc4ccc(F)cc4)C(=O)C3C2)cc1. The number of carbonyl (C=O) groups is 3. The minimum Gasteiger partial charge on any atom is -0.497 e. The summed E-state index contributed by atoms with van der Waals surface area (Å²) >= 11 is 0. The molecule has 32 heavy (non-hydrogen) atoms. The molecule has 4 rings (SSSR count). The van der Waals surface area contributed by atoms with Crippen LogP contribution in [0.25, 0.3) is 0 Å². The largest absolute Gasteiger partial charge is 0.497 e. The van der Waals surface area contributed by atoms with Crippen molar-refractivity contribution in [1.82, 2.24) is 14.7 Å². The first-order valence-corrected chi connectivity index (χ1v) is 10.7. The van der Waals surface area contributed by atoms with Gasteiger partial charge in [-0.2, -0.15) is 0 Å². The normalized spacial score (nSPS) is 18.9. The first-order chi connectivity index (χ1) is 15.4. The van der Waals surface area contributed by atoms with E-state index in [-0.39, 0.29) is 49.6 Å². The van der Waals surface area contributed by atoms with Gasteiger partial charge in [0.1, 0.15) is 24.2 Å². The summed E-state index contributed by atoms with van der Waals surface area (Å²) in [6, 6.07) is 12.5. The number of fused-ring (bicyclic) bond motifs is 1.